The average molecular weight is 369 g/mol. The number of nitrogens with zero attached hydrogens (tertiary/aromatic N) is 2. The number of amides is 3. The number of likely N-dealkylation sites (tertiary alicyclic amines) is 1. The molecule has 1 aromatic carbocycles. The van der Waals surface area contributed by atoms with E-state index in [2.05, 4.69) is 5.32 Å². The lowest BCUT2D eigenvalue weighted by molar-refractivity contribution is -0.121. The lowest BCUT2D eigenvalue weighted by atomic mass is 10.1. The van der Waals surface area contributed by atoms with Gasteiger partial charge in [0.1, 0.15) is 0 Å². The molecule has 0 atom stereocenters. The van der Waals surface area contributed by atoms with Gasteiger partial charge in [-0.1, -0.05) is 12.1 Å². The van der Waals surface area contributed by atoms with Crippen LogP contribution in [0.3, 0.4) is 0 Å². The van der Waals surface area contributed by atoms with Crippen LogP contribution in [0.5, 0.6) is 0 Å². The van der Waals surface area contributed by atoms with Gasteiger partial charge in [-0.3, -0.25) is 14.4 Å². The highest BCUT2D eigenvalue weighted by molar-refractivity contribution is 5.95. The summed E-state index contributed by atoms with van der Waals surface area (Å²) >= 11 is 0. The Morgan fingerprint density at radius 1 is 1.11 bits per heavy atom. The van der Waals surface area contributed by atoms with Crippen LogP contribution in [0.4, 0.5) is 0 Å². The van der Waals surface area contributed by atoms with Gasteiger partial charge in [-0.05, 0) is 42.7 Å². The predicted molar refractivity (Wildman–Crippen MR) is 99.1 cm³/mol. The zero-order chi connectivity index (χ0) is 19.2. The third-order valence-electron chi connectivity index (χ3n) is 4.54. The minimum Gasteiger partial charge on any atom is -0.459 e. The van der Waals surface area contributed by atoms with Gasteiger partial charge in [0.25, 0.3) is 11.8 Å². The Hall–Kier alpha value is -3.09. The van der Waals surface area contributed by atoms with E-state index in [4.69, 9.17) is 4.42 Å². The van der Waals surface area contributed by atoms with Crippen molar-refractivity contribution in [1.29, 1.82) is 0 Å². The van der Waals surface area contributed by atoms with Crippen LogP contribution in [-0.4, -0.2) is 54.2 Å². The minimum atomic E-state index is -0.347. The Balaban J connectivity index is 1.47. The molecule has 1 aliphatic rings. The molecular weight excluding hydrogens is 346 g/mol. The first-order valence-corrected chi connectivity index (χ1v) is 8.98. The molecule has 2 heterocycles. The first-order chi connectivity index (χ1) is 13.0. The molecular formula is C20H23N3O4. The number of hydrogen-bond donors (Lipinski definition) is 1. The molecule has 0 spiro atoms. The topological polar surface area (TPSA) is 82.9 Å². The van der Waals surface area contributed by atoms with E-state index in [1.54, 1.807) is 31.3 Å². The molecule has 1 fully saturated rings. The number of benzene rings is 1. The van der Waals surface area contributed by atoms with Crippen molar-refractivity contribution < 1.29 is 18.8 Å². The fourth-order valence-corrected chi connectivity index (χ4v) is 3.00. The molecule has 3 amide bonds. The SMILES string of the molecule is CN(CC(=O)NCc1ccc(C(=O)N2CCCC2)cc1)C(=O)c1ccco1. The van der Waals surface area contributed by atoms with E-state index in [9.17, 15) is 14.4 Å². The molecule has 0 bridgehead atoms. The van der Waals surface area contributed by atoms with Gasteiger partial charge < -0.3 is 19.5 Å². The summed E-state index contributed by atoms with van der Waals surface area (Å²) < 4.78 is 5.04. The number of rotatable bonds is 6. The molecule has 0 aliphatic carbocycles. The van der Waals surface area contributed by atoms with Crippen LogP contribution in [0.15, 0.2) is 47.1 Å². The van der Waals surface area contributed by atoms with E-state index in [0.29, 0.717) is 12.1 Å². The highest BCUT2D eigenvalue weighted by Gasteiger charge is 2.19. The minimum absolute atomic E-state index is 0.0566. The fourth-order valence-electron chi connectivity index (χ4n) is 3.00. The second-order valence-electron chi connectivity index (χ2n) is 6.61. The highest BCUT2D eigenvalue weighted by atomic mass is 16.3. The van der Waals surface area contributed by atoms with Crippen molar-refractivity contribution in [2.45, 2.75) is 19.4 Å². The molecule has 0 radical (unpaired) electrons. The van der Waals surface area contributed by atoms with E-state index >= 15 is 0 Å². The van der Waals surface area contributed by atoms with Crippen LogP contribution in [0.2, 0.25) is 0 Å². The lowest BCUT2D eigenvalue weighted by Gasteiger charge is -2.16. The second kappa shape index (κ2) is 8.53. The Morgan fingerprint density at radius 2 is 1.81 bits per heavy atom. The summed E-state index contributed by atoms with van der Waals surface area (Å²) in [4.78, 5) is 39.6. The summed E-state index contributed by atoms with van der Waals surface area (Å²) in [7, 11) is 1.54. The monoisotopic (exact) mass is 369 g/mol. The lowest BCUT2D eigenvalue weighted by Crippen LogP contribution is -2.38. The average Bonchev–Trinajstić information content (AvgIpc) is 3.39. The quantitative estimate of drug-likeness (QED) is 0.843. The molecule has 1 N–H and O–H groups in total. The molecule has 0 unspecified atom stereocenters. The van der Waals surface area contributed by atoms with Crippen molar-refractivity contribution in [3.63, 3.8) is 0 Å². The molecule has 0 saturated carbocycles. The number of carbonyl (C=O) groups is 3. The molecule has 7 heteroatoms. The van der Waals surface area contributed by atoms with Crippen molar-refractivity contribution >= 4 is 17.7 Å². The summed E-state index contributed by atoms with van der Waals surface area (Å²) in [6.07, 6.45) is 3.54. The van der Waals surface area contributed by atoms with E-state index in [0.717, 1.165) is 31.5 Å². The summed E-state index contributed by atoms with van der Waals surface area (Å²) in [6.45, 7) is 1.91. The number of hydrogen-bond acceptors (Lipinski definition) is 4. The maximum atomic E-state index is 12.3. The first kappa shape index (κ1) is 18.7. The molecule has 1 aromatic heterocycles. The van der Waals surface area contributed by atoms with Gasteiger partial charge in [0.2, 0.25) is 5.91 Å². The molecule has 1 aliphatic heterocycles. The van der Waals surface area contributed by atoms with E-state index < -0.39 is 0 Å². The van der Waals surface area contributed by atoms with Gasteiger partial charge in [-0.15, -0.1) is 0 Å². The van der Waals surface area contributed by atoms with E-state index in [1.165, 1.54) is 11.2 Å². The summed E-state index contributed by atoms with van der Waals surface area (Å²) in [5.41, 5.74) is 1.55. The van der Waals surface area contributed by atoms with Gasteiger partial charge in [-0.2, -0.15) is 0 Å². The Bertz CT molecular complexity index is 793. The summed E-state index contributed by atoms with van der Waals surface area (Å²) in [5.74, 6) is -0.362. The maximum Gasteiger partial charge on any atom is 0.289 e. The largest absolute Gasteiger partial charge is 0.459 e. The van der Waals surface area contributed by atoms with Crippen LogP contribution in [0, 0.1) is 0 Å². The Labute approximate surface area is 157 Å². The van der Waals surface area contributed by atoms with Crippen LogP contribution >= 0.6 is 0 Å². The molecule has 2 aromatic rings. The third kappa shape index (κ3) is 4.75. The Morgan fingerprint density at radius 3 is 2.44 bits per heavy atom. The van der Waals surface area contributed by atoms with Crippen LogP contribution in [0.25, 0.3) is 0 Å². The molecule has 3 rings (SSSR count). The van der Waals surface area contributed by atoms with Crippen molar-refractivity contribution in [2.24, 2.45) is 0 Å². The molecule has 27 heavy (non-hydrogen) atoms. The van der Waals surface area contributed by atoms with Crippen molar-refractivity contribution in [3.05, 3.63) is 59.5 Å². The number of carbonyl (C=O) groups excluding carboxylic acids is 3. The number of furan rings is 1. The summed E-state index contributed by atoms with van der Waals surface area (Å²) in [5, 5.41) is 2.78. The van der Waals surface area contributed by atoms with E-state index in [1.807, 2.05) is 17.0 Å². The molecule has 1 saturated heterocycles. The Kier molecular flexibility index (Phi) is 5.90. The zero-order valence-electron chi connectivity index (χ0n) is 15.3. The van der Waals surface area contributed by atoms with Crippen molar-refractivity contribution in [1.82, 2.24) is 15.1 Å². The van der Waals surface area contributed by atoms with Gasteiger partial charge in [0.05, 0.1) is 12.8 Å². The normalized spacial score (nSPS) is 13.4. The van der Waals surface area contributed by atoms with Crippen LogP contribution in [0.1, 0.15) is 39.3 Å². The van der Waals surface area contributed by atoms with Crippen LogP contribution in [-0.2, 0) is 11.3 Å². The standard InChI is InChI=1S/C20H23N3O4/c1-22(20(26)17-5-4-12-27-17)14-18(24)21-13-15-6-8-16(9-7-15)19(25)23-10-2-3-11-23/h4-9,12H,2-3,10-11,13-14H2,1H3,(H,21,24). The first-order valence-electron chi connectivity index (χ1n) is 8.98. The smallest absolute Gasteiger partial charge is 0.289 e. The predicted octanol–water partition coefficient (Wildman–Crippen LogP) is 1.90. The second-order valence-corrected chi connectivity index (χ2v) is 6.61. The number of nitrogens with one attached hydrogen (secondary N) is 1. The van der Waals surface area contributed by atoms with Gasteiger partial charge in [0.15, 0.2) is 5.76 Å². The fraction of sp³-hybridized carbons (Fsp3) is 0.350. The zero-order valence-corrected chi connectivity index (χ0v) is 15.3. The molecule has 7 nitrogen and oxygen atoms in total. The van der Waals surface area contributed by atoms with Crippen LogP contribution < -0.4 is 5.32 Å². The van der Waals surface area contributed by atoms with Gasteiger partial charge in [-0.25, -0.2) is 0 Å². The maximum absolute atomic E-state index is 12.3. The van der Waals surface area contributed by atoms with Crippen molar-refractivity contribution in [3.8, 4) is 0 Å². The third-order valence-corrected chi connectivity index (χ3v) is 4.54. The van der Waals surface area contributed by atoms with Gasteiger partial charge in [0, 0.05) is 32.2 Å². The van der Waals surface area contributed by atoms with Gasteiger partial charge >= 0.3 is 0 Å². The molecule has 142 valence electrons. The summed E-state index contributed by atoms with van der Waals surface area (Å²) in [6, 6.07) is 10.4. The highest BCUT2D eigenvalue weighted by Crippen LogP contribution is 2.13. The van der Waals surface area contributed by atoms with E-state index in [-0.39, 0.29) is 30.0 Å². The van der Waals surface area contributed by atoms with Crippen molar-refractivity contribution in [2.75, 3.05) is 26.7 Å². The number of likely N-dealkylation sites (N-methyl/N-ethyl adjacent to an activating group) is 1.